The molecule has 37 heavy (non-hydrogen) atoms. The van der Waals surface area contributed by atoms with Crippen LogP contribution in [0.25, 0.3) is 0 Å². The van der Waals surface area contributed by atoms with E-state index in [0.29, 0.717) is 39.4 Å². The van der Waals surface area contributed by atoms with Crippen LogP contribution in [0.5, 0.6) is 5.75 Å². The van der Waals surface area contributed by atoms with Crippen LogP contribution in [0.15, 0.2) is 63.4 Å². The molecule has 5 rings (SSSR count). The first-order valence-electron chi connectivity index (χ1n) is 12.3. The van der Waals surface area contributed by atoms with E-state index in [1.165, 1.54) is 24.2 Å². The van der Waals surface area contributed by atoms with E-state index in [1.54, 1.807) is 30.0 Å². The lowest BCUT2D eigenvalue weighted by atomic mass is 9.94. The van der Waals surface area contributed by atoms with Gasteiger partial charge in [0.05, 0.1) is 12.7 Å². The zero-order valence-corrected chi connectivity index (χ0v) is 23.1. The highest BCUT2D eigenvalue weighted by Crippen LogP contribution is 2.42. The Kier molecular flexibility index (Phi) is 7.85. The van der Waals surface area contributed by atoms with Crippen molar-refractivity contribution in [3.63, 3.8) is 0 Å². The molecule has 1 aromatic heterocycles. The Bertz CT molecular complexity index is 1340. The summed E-state index contributed by atoms with van der Waals surface area (Å²) in [6.07, 6.45) is 4.96. The Morgan fingerprint density at radius 3 is 2.76 bits per heavy atom. The topological polar surface area (TPSA) is 78.3 Å². The first kappa shape index (κ1) is 25.8. The van der Waals surface area contributed by atoms with E-state index >= 15 is 0 Å². The highest BCUT2D eigenvalue weighted by atomic mass is 79.9. The zero-order chi connectivity index (χ0) is 25.9. The molecule has 0 bridgehead atoms. The SMILES string of the molecule is COc1ccc(Br)cc1C1C(C(=O)OC2CCCCC2)=C(C)Nc2nc(SCc3ccccc3F)nn21. The second-order valence-electron chi connectivity index (χ2n) is 9.16. The normalized spacial score (nSPS) is 17.8. The van der Waals surface area contributed by atoms with E-state index in [1.807, 2.05) is 25.1 Å². The molecule has 2 aliphatic rings. The predicted molar refractivity (Wildman–Crippen MR) is 144 cm³/mol. The number of hydrogen-bond donors (Lipinski definition) is 1. The number of carbonyl (C=O) groups excluding carboxylic acids is 1. The summed E-state index contributed by atoms with van der Waals surface area (Å²) in [6.45, 7) is 1.85. The molecule has 1 saturated carbocycles. The standard InChI is InChI=1S/C27H28BrFN4O3S/c1-16-23(25(34)36-19-9-4-3-5-10-19)24(20-14-18(28)12-13-22(20)35-2)33-26(30-16)31-27(32-33)37-15-17-8-6-7-11-21(17)29/h6-8,11-14,19,24H,3-5,9-10,15H2,1-2H3,(H,30,31,32). The number of rotatable bonds is 7. The van der Waals surface area contributed by atoms with Crippen molar-refractivity contribution >= 4 is 39.6 Å². The van der Waals surface area contributed by atoms with E-state index in [0.717, 1.165) is 35.7 Å². The quantitative estimate of drug-likeness (QED) is 0.245. The number of esters is 1. The van der Waals surface area contributed by atoms with Crippen molar-refractivity contribution in [3.8, 4) is 5.75 Å². The Balaban J connectivity index is 1.51. The van der Waals surface area contributed by atoms with Crippen molar-refractivity contribution in [2.75, 3.05) is 12.4 Å². The number of carbonyl (C=O) groups is 1. The van der Waals surface area contributed by atoms with Crippen LogP contribution in [-0.2, 0) is 15.3 Å². The van der Waals surface area contributed by atoms with Gasteiger partial charge in [0.1, 0.15) is 23.7 Å². The largest absolute Gasteiger partial charge is 0.496 e. The number of halogens is 2. The maximum atomic E-state index is 14.2. The summed E-state index contributed by atoms with van der Waals surface area (Å²) in [6, 6.07) is 11.7. The average Bonchev–Trinajstić information content (AvgIpc) is 3.30. The second kappa shape index (κ2) is 11.3. The van der Waals surface area contributed by atoms with Crippen molar-refractivity contribution in [1.29, 1.82) is 0 Å². The first-order valence-corrected chi connectivity index (χ1v) is 14.1. The summed E-state index contributed by atoms with van der Waals surface area (Å²) >= 11 is 4.89. The lowest BCUT2D eigenvalue weighted by Crippen LogP contribution is -2.32. The average molecular weight is 588 g/mol. The van der Waals surface area contributed by atoms with E-state index < -0.39 is 6.04 Å². The smallest absolute Gasteiger partial charge is 0.338 e. The van der Waals surface area contributed by atoms with Gasteiger partial charge in [0.15, 0.2) is 0 Å². The summed E-state index contributed by atoms with van der Waals surface area (Å²) in [5, 5.41) is 8.45. The van der Waals surface area contributed by atoms with Crippen LogP contribution in [0, 0.1) is 5.82 Å². The van der Waals surface area contributed by atoms with Gasteiger partial charge in [0, 0.05) is 21.5 Å². The van der Waals surface area contributed by atoms with Crippen LogP contribution in [0.4, 0.5) is 10.3 Å². The van der Waals surface area contributed by atoms with Crippen LogP contribution in [0.3, 0.4) is 0 Å². The van der Waals surface area contributed by atoms with Gasteiger partial charge >= 0.3 is 5.97 Å². The number of hydrogen-bond acceptors (Lipinski definition) is 7. The maximum absolute atomic E-state index is 14.2. The van der Waals surface area contributed by atoms with E-state index in [2.05, 4.69) is 26.2 Å². The van der Waals surface area contributed by atoms with Gasteiger partial charge in [-0.25, -0.2) is 13.9 Å². The summed E-state index contributed by atoms with van der Waals surface area (Å²) in [5.41, 5.74) is 2.44. The van der Waals surface area contributed by atoms with E-state index in [4.69, 9.17) is 14.6 Å². The Morgan fingerprint density at radius 1 is 1.22 bits per heavy atom. The highest BCUT2D eigenvalue weighted by Gasteiger charge is 2.38. The number of benzene rings is 2. The zero-order valence-electron chi connectivity index (χ0n) is 20.7. The fourth-order valence-corrected chi connectivity index (χ4v) is 6.01. The molecular weight excluding hydrogens is 559 g/mol. The number of allylic oxidation sites excluding steroid dienone is 1. The number of anilines is 1. The Morgan fingerprint density at radius 2 is 2.00 bits per heavy atom. The van der Waals surface area contributed by atoms with Gasteiger partial charge in [0.2, 0.25) is 11.1 Å². The van der Waals surface area contributed by atoms with Crippen molar-refractivity contribution in [3.05, 3.63) is 75.2 Å². The van der Waals surface area contributed by atoms with Crippen molar-refractivity contribution in [2.45, 2.75) is 62.1 Å². The minimum Gasteiger partial charge on any atom is -0.496 e. The Hall–Kier alpha value is -2.85. The highest BCUT2D eigenvalue weighted by molar-refractivity contribution is 9.10. The molecule has 2 heterocycles. The molecule has 1 aliphatic heterocycles. The van der Waals surface area contributed by atoms with Gasteiger partial charge in [0.25, 0.3) is 0 Å². The molecule has 3 aromatic rings. The van der Waals surface area contributed by atoms with Gasteiger partial charge in [-0.2, -0.15) is 4.98 Å². The van der Waals surface area contributed by atoms with Gasteiger partial charge in [-0.05, 0) is 62.4 Å². The molecule has 1 aliphatic carbocycles. The second-order valence-corrected chi connectivity index (χ2v) is 11.0. The van der Waals surface area contributed by atoms with Crippen LogP contribution in [0.1, 0.15) is 56.2 Å². The molecule has 0 spiro atoms. The monoisotopic (exact) mass is 586 g/mol. The molecule has 1 fully saturated rings. The third-order valence-electron chi connectivity index (χ3n) is 6.68. The summed E-state index contributed by atoms with van der Waals surface area (Å²) in [5.74, 6) is 0.858. The van der Waals surface area contributed by atoms with Crippen LogP contribution >= 0.6 is 27.7 Å². The molecule has 1 atom stereocenters. The van der Waals surface area contributed by atoms with Crippen LogP contribution in [-0.4, -0.2) is 33.9 Å². The number of methoxy groups -OCH3 is 1. The molecule has 0 radical (unpaired) electrons. The number of aromatic nitrogens is 3. The molecular formula is C27H28BrFN4O3S. The lowest BCUT2D eigenvalue weighted by Gasteiger charge is -2.30. The number of nitrogens with zero attached hydrogens (tertiary/aromatic N) is 3. The molecule has 2 aromatic carbocycles. The summed E-state index contributed by atoms with van der Waals surface area (Å²) in [4.78, 5) is 18.3. The van der Waals surface area contributed by atoms with Gasteiger partial charge < -0.3 is 14.8 Å². The number of nitrogens with one attached hydrogen (secondary N) is 1. The van der Waals surface area contributed by atoms with Crippen molar-refractivity contribution in [2.24, 2.45) is 0 Å². The van der Waals surface area contributed by atoms with E-state index in [-0.39, 0.29) is 17.9 Å². The number of ether oxygens (including phenoxy) is 2. The van der Waals surface area contributed by atoms with Gasteiger partial charge in [-0.15, -0.1) is 5.10 Å². The first-order chi connectivity index (χ1) is 17.9. The molecule has 7 nitrogen and oxygen atoms in total. The van der Waals surface area contributed by atoms with Gasteiger partial charge in [-0.1, -0.05) is 52.3 Å². The van der Waals surface area contributed by atoms with E-state index in [9.17, 15) is 9.18 Å². The van der Waals surface area contributed by atoms with Crippen molar-refractivity contribution < 1.29 is 18.7 Å². The minimum atomic E-state index is -0.616. The van der Waals surface area contributed by atoms with Crippen molar-refractivity contribution in [1.82, 2.24) is 14.8 Å². The molecule has 1 unspecified atom stereocenters. The summed E-state index contributed by atoms with van der Waals surface area (Å²) < 4.78 is 28.4. The molecule has 0 saturated heterocycles. The van der Waals surface area contributed by atoms with Crippen LogP contribution < -0.4 is 10.1 Å². The number of fused-ring (bicyclic) bond motifs is 1. The lowest BCUT2D eigenvalue weighted by molar-refractivity contribution is -0.146. The Labute approximate surface area is 228 Å². The fraction of sp³-hybridized carbons (Fsp3) is 0.370. The van der Waals surface area contributed by atoms with Gasteiger partial charge in [-0.3, -0.25) is 0 Å². The molecule has 194 valence electrons. The summed E-state index contributed by atoms with van der Waals surface area (Å²) in [7, 11) is 1.60. The number of thioether (sulfide) groups is 1. The van der Waals surface area contributed by atoms with Crippen LogP contribution in [0.2, 0.25) is 0 Å². The third kappa shape index (κ3) is 5.55. The third-order valence-corrected chi connectivity index (χ3v) is 8.06. The molecule has 10 heteroatoms. The minimum absolute atomic E-state index is 0.0874. The molecule has 1 N–H and O–H groups in total. The maximum Gasteiger partial charge on any atom is 0.338 e. The fourth-order valence-electron chi connectivity index (χ4n) is 4.82. The predicted octanol–water partition coefficient (Wildman–Crippen LogP) is 6.65. The molecule has 0 amide bonds.